The first kappa shape index (κ1) is 15.9. The van der Waals surface area contributed by atoms with Crippen molar-refractivity contribution in [3.05, 3.63) is 40.2 Å². The second-order valence-electron chi connectivity index (χ2n) is 5.06. The molecule has 21 heavy (non-hydrogen) atoms. The molecule has 0 saturated carbocycles. The topological polar surface area (TPSA) is 49.2 Å². The van der Waals surface area contributed by atoms with Crippen molar-refractivity contribution < 1.29 is 5.11 Å². The highest BCUT2D eigenvalue weighted by Crippen LogP contribution is 2.28. The van der Waals surface area contributed by atoms with Gasteiger partial charge in [-0.15, -0.1) is 0 Å². The molecule has 0 spiro atoms. The van der Waals surface area contributed by atoms with Gasteiger partial charge >= 0.3 is 0 Å². The van der Waals surface area contributed by atoms with Gasteiger partial charge in [0.2, 0.25) is 0 Å². The third kappa shape index (κ3) is 4.02. The standard InChI is InChI=1S/C16H23N3OS/c1-4-7-14-15(11-20)21-16(18-14)19(5-2)10-13-9-6-8-12(3)17-13/h6,8-9,20H,4-5,7,10-11H2,1-3H3. The predicted octanol–water partition coefficient (Wildman–Crippen LogP) is 3.32. The SMILES string of the molecule is CCCc1nc(N(CC)Cc2cccc(C)n2)sc1CO. The number of rotatable bonds is 7. The van der Waals surface area contributed by atoms with Crippen molar-refractivity contribution in [3.8, 4) is 0 Å². The Morgan fingerprint density at radius 1 is 1.24 bits per heavy atom. The molecule has 2 rings (SSSR count). The van der Waals surface area contributed by atoms with Crippen molar-refractivity contribution in [3.63, 3.8) is 0 Å². The first-order valence-electron chi connectivity index (χ1n) is 7.44. The van der Waals surface area contributed by atoms with Gasteiger partial charge in [-0.1, -0.05) is 30.7 Å². The molecule has 0 bridgehead atoms. The van der Waals surface area contributed by atoms with Crippen LogP contribution in [0.15, 0.2) is 18.2 Å². The highest BCUT2D eigenvalue weighted by Gasteiger charge is 2.15. The van der Waals surface area contributed by atoms with Crippen LogP contribution in [0, 0.1) is 6.92 Å². The van der Waals surface area contributed by atoms with Crippen molar-refractivity contribution in [2.24, 2.45) is 0 Å². The van der Waals surface area contributed by atoms with Gasteiger partial charge in [-0.05, 0) is 32.4 Å². The Hall–Kier alpha value is -1.46. The monoisotopic (exact) mass is 305 g/mol. The van der Waals surface area contributed by atoms with Crippen molar-refractivity contribution >= 4 is 16.5 Å². The van der Waals surface area contributed by atoms with E-state index in [4.69, 9.17) is 4.98 Å². The third-order valence-electron chi connectivity index (χ3n) is 3.35. The summed E-state index contributed by atoms with van der Waals surface area (Å²) in [5, 5.41) is 10.5. The second-order valence-corrected chi connectivity index (χ2v) is 6.12. The number of aliphatic hydroxyl groups is 1. The molecule has 114 valence electrons. The van der Waals surface area contributed by atoms with E-state index in [9.17, 15) is 5.11 Å². The molecule has 0 fully saturated rings. The molecule has 2 aromatic heterocycles. The molecule has 0 aliphatic carbocycles. The lowest BCUT2D eigenvalue weighted by atomic mass is 10.2. The zero-order valence-corrected chi connectivity index (χ0v) is 13.8. The number of hydrogen-bond acceptors (Lipinski definition) is 5. The summed E-state index contributed by atoms with van der Waals surface area (Å²) >= 11 is 1.59. The van der Waals surface area contributed by atoms with Gasteiger partial charge in [0.25, 0.3) is 0 Å². The molecule has 0 radical (unpaired) electrons. The van der Waals surface area contributed by atoms with Gasteiger partial charge in [0.1, 0.15) is 0 Å². The molecule has 0 saturated heterocycles. The third-order valence-corrected chi connectivity index (χ3v) is 4.49. The first-order chi connectivity index (χ1) is 10.2. The van der Waals surface area contributed by atoms with Crippen molar-refractivity contribution in [2.75, 3.05) is 11.4 Å². The quantitative estimate of drug-likeness (QED) is 0.852. The van der Waals surface area contributed by atoms with Crippen LogP contribution >= 0.6 is 11.3 Å². The molecule has 0 amide bonds. The smallest absolute Gasteiger partial charge is 0.186 e. The summed E-state index contributed by atoms with van der Waals surface area (Å²) in [6, 6.07) is 6.09. The van der Waals surface area contributed by atoms with Crippen LogP contribution in [0.2, 0.25) is 0 Å². The molecule has 0 unspecified atom stereocenters. The van der Waals surface area contributed by atoms with Gasteiger partial charge < -0.3 is 10.0 Å². The molecule has 0 aromatic carbocycles. The lowest BCUT2D eigenvalue weighted by molar-refractivity contribution is 0.284. The molecule has 4 nitrogen and oxygen atoms in total. The summed E-state index contributed by atoms with van der Waals surface area (Å²) in [7, 11) is 0. The van der Waals surface area contributed by atoms with E-state index in [2.05, 4.69) is 23.7 Å². The van der Waals surface area contributed by atoms with Gasteiger partial charge in [0.15, 0.2) is 5.13 Å². The maximum Gasteiger partial charge on any atom is 0.186 e. The lowest BCUT2D eigenvalue weighted by Gasteiger charge is -2.19. The normalized spacial score (nSPS) is 10.9. The van der Waals surface area contributed by atoms with Crippen LogP contribution in [0.1, 0.15) is 42.2 Å². The summed E-state index contributed by atoms with van der Waals surface area (Å²) in [5.74, 6) is 0. The second kappa shape index (κ2) is 7.52. The minimum Gasteiger partial charge on any atom is -0.391 e. The Morgan fingerprint density at radius 2 is 2.05 bits per heavy atom. The van der Waals surface area contributed by atoms with E-state index in [1.54, 1.807) is 11.3 Å². The van der Waals surface area contributed by atoms with E-state index in [0.717, 1.165) is 53.0 Å². The molecule has 0 aliphatic rings. The average Bonchev–Trinajstić information content (AvgIpc) is 2.88. The van der Waals surface area contributed by atoms with E-state index in [1.807, 2.05) is 25.1 Å². The van der Waals surface area contributed by atoms with Crippen molar-refractivity contribution in [2.45, 2.75) is 46.8 Å². The minimum absolute atomic E-state index is 0.0766. The van der Waals surface area contributed by atoms with E-state index >= 15 is 0 Å². The fourth-order valence-electron chi connectivity index (χ4n) is 2.26. The minimum atomic E-state index is 0.0766. The van der Waals surface area contributed by atoms with Crippen LogP contribution in [-0.2, 0) is 19.6 Å². The fourth-order valence-corrected chi connectivity index (χ4v) is 3.29. The Balaban J connectivity index is 2.20. The van der Waals surface area contributed by atoms with Gasteiger partial charge in [-0.3, -0.25) is 4.98 Å². The summed E-state index contributed by atoms with van der Waals surface area (Å²) in [6.45, 7) is 7.96. The molecule has 5 heteroatoms. The number of aryl methyl sites for hydroxylation is 2. The van der Waals surface area contributed by atoms with Crippen molar-refractivity contribution in [1.82, 2.24) is 9.97 Å². The zero-order valence-electron chi connectivity index (χ0n) is 13.0. The summed E-state index contributed by atoms with van der Waals surface area (Å²) in [4.78, 5) is 12.5. The number of aromatic nitrogens is 2. The molecule has 2 aromatic rings. The summed E-state index contributed by atoms with van der Waals surface area (Å²) < 4.78 is 0. The average molecular weight is 305 g/mol. The molecule has 1 N–H and O–H groups in total. The summed E-state index contributed by atoms with van der Waals surface area (Å²) in [6.07, 6.45) is 1.97. The maximum absolute atomic E-state index is 9.48. The van der Waals surface area contributed by atoms with Crippen LogP contribution in [-0.4, -0.2) is 21.6 Å². The van der Waals surface area contributed by atoms with Crippen LogP contribution in [0.4, 0.5) is 5.13 Å². The zero-order chi connectivity index (χ0) is 15.2. The van der Waals surface area contributed by atoms with Crippen LogP contribution in [0.25, 0.3) is 0 Å². The van der Waals surface area contributed by atoms with Crippen LogP contribution < -0.4 is 4.90 Å². The van der Waals surface area contributed by atoms with Crippen LogP contribution in [0.3, 0.4) is 0 Å². The number of aliphatic hydroxyl groups excluding tert-OH is 1. The van der Waals surface area contributed by atoms with Crippen LogP contribution in [0.5, 0.6) is 0 Å². The predicted molar refractivity (Wildman–Crippen MR) is 87.7 cm³/mol. The van der Waals surface area contributed by atoms with E-state index in [1.165, 1.54) is 0 Å². The van der Waals surface area contributed by atoms with E-state index in [0.29, 0.717) is 0 Å². The molecular formula is C16H23N3OS. The molecule has 0 aliphatic heterocycles. The number of pyridine rings is 1. The highest BCUT2D eigenvalue weighted by atomic mass is 32.1. The number of thiazole rings is 1. The van der Waals surface area contributed by atoms with E-state index in [-0.39, 0.29) is 6.61 Å². The molecule has 0 atom stereocenters. The Kier molecular flexibility index (Phi) is 5.70. The van der Waals surface area contributed by atoms with Gasteiger partial charge in [0, 0.05) is 12.2 Å². The largest absolute Gasteiger partial charge is 0.391 e. The van der Waals surface area contributed by atoms with E-state index < -0.39 is 0 Å². The van der Waals surface area contributed by atoms with Crippen molar-refractivity contribution in [1.29, 1.82) is 0 Å². The number of anilines is 1. The fraction of sp³-hybridized carbons (Fsp3) is 0.500. The number of nitrogens with zero attached hydrogens (tertiary/aromatic N) is 3. The Morgan fingerprint density at radius 3 is 2.67 bits per heavy atom. The van der Waals surface area contributed by atoms with Gasteiger partial charge in [-0.25, -0.2) is 4.98 Å². The molecule has 2 heterocycles. The Bertz CT molecular complexity index is 583. The maximum atomic E-state index is 9.48. The van der Waals surface area contributed by atoms with Gasteiger partial charge in [0.05, 0.1) is 29.4 Å². The summed E-state index contributed by atoms with van der Waals surface area (Å²) in [5.41, 5.74) is 3.12. The molecular weight excluding hydrogens is 282 g/mol. The van der Waals surface area contributed by atoms with Gasteiger partial charge in [-0.2, -0.15) is 0 Å². The number of hydrogen-bond donors (Lipinski definition) is 1. The first-order valence-corrected chi connectivity index (χ1v) is 8.26. The highest BCUT2D eigenvalue weighted by molar-refractivity contribution is 7.15. The Labute approximate surface area is 130 Å². The lowest BCUT2D eigenvalue weighted by Crippen LogP contribution is -2.22.